The summed E-state index contributed by atoms with van der Waals surface area (Å²) in [5.41, 5.74) is 2.13. The molecule has 210 valence electrons. The molecule has 0 bridgehead atoms. The van der Waals surface area contributed by atoms with Gasteiger partial charge in [-0.15, -0.1) is 0 Å². The van der Waals surface area contributed by atoms with E-state index in [9.17, 15) is 19.1 Å². The zero-order valence-electron chi connectivity index (χ0n) is 21.5. The van der Waals surface area contributed by atoms with Crippen molar-refractivity contribution in [3.05, 3.63) is 69.3 Å². The Hall–Kier alpha value is -3.38. The van der Waals surface area contributed by atoms with Gasteiger partial charge in [-0.2, -0.15) is 0 Å². The Balaban J connectivity index is 1.31. The maximum Gasteiger partial charge on any atom is 0.255 e. The summed E-state index contributed by atoms with van der Waals surface area (Å²) in [4.78, 5) is 40.6. The van der Waals surface area contributed by atoms with Crippen LogP contribution >= 0.6 is 23.2 Å². The molecule has 2 atom stereocenters. The molecule has 3 aromatic rings. The van der Waals surface area contributed by atoms with E-state index in [0.29, 0.717) is 41.0 Å². The third kappa shape index (κ3) is 5.87. The maximum absolute atomic E-state index is 14.3. The minimum Gasteiger partial charge on any atom is -0.394 e. The van der Waals surface area contributed by atoms with Crippen LogP contribution in [-0.4, -0.2) is 68.7 Å². The van der Waals surface area contributed by atoms with Crippen LogP contribution in [0.1, 0.15) is 47.4 Å². The molecule has 4 heterocycles. The average Bonchev–Trinajstić information content (AvgIpc) is 3.28. The number of hydrogen-bond donors (Lipinski definition) is 3. The largest absolute Gasteiger partial charge is 0.394 e. The molecule has 40 heavy (non-hydrogen) atoms. The topological polar surface area (TPSA) is 130 Å². The lowest BCUT2D eigenvalue weighted by atomic mass is 10.0. The first-order valence-corrected chi connectivity index (χ1v) is 13.5. The lowest BCUT2D eigenvalue weighted by molar-refractivity contribution is -0.126. The molecule has 0 saturated carbocycles. The van der Waals surface area contributed by atoms with Crippen molar-refractivity contribution in [2.75, 3.05) is 25.1 Å². The molecule has 1 aromatic carbocycles. The number of anilines is 1. The molecule has 1 saturated heterocycles. The van der Waals surface area contributed by atoms with E-state index in [1.807, 2.05) is 6.07 Å². The van der Waals surface area contributed by atoms with Crippen molar-refractivity contribution in [3.8, 4) is 11.3 Å². The van der Waals surface area contributed by atoms with E-state index in [0.717, 1.165) is 24.5 Å². The molecular formula is C27H27Cl2FN6O4. The molecule has 13 heteroatoms. The fourth-order valence-electron chi connectivity index (χ4n) is 4.76. The summed E-state index contributed by atoms with van der Waals surface area (Å²) >= 11 is 12.2. The Bertz CT molecular complexity index is 1440. The fourth-order valence-corrected chi connectivity index (χ4v) is 5.11. The highest BCUT2D eigenvalue weighted by Gasteiger charge is 2.35. The Morgan fingerprint density at radius 3 is 2.73 bits per heavy atom. The molecule has 2 amide bonds. The lowest BCUT2D eigenvalue weighted by Crippen LogP contribution is -2.47. The molecule has 2 aliphatic heterocycles. The number of nitrogens with one attached hydrogen (secondary N) is 2. The second-order valence-corrected chi connectivity index (χ2v) is 10.5. The summed E-state index contributed by atoms with van der Waals surface area (Å²) in [6.07, 6.45) is 4.44. The molecule has 0 unspecified atom stereocenters. The summed E-state index contributed by atoms with van der Waals surface area (Å²) in [6.45, 7) is 2.53. The number of carbonyl (C=O) groups excluding carboxylic acids is 2. The van der Waals surface area contributed by atoms with E-state index in [4.69, 9.17) is 27.9 Å². The Morgan fingerprint density at radius 2 is 2.00 bits per heavy atom. The van der Waals surface area contributed by atoms with Gasteiger partial charge in [-0.05, 0) is 37.5 Å². The summed E-state index contributed by atoms with van der Waals surface area (Å²) in [5, 5.41) is 16.1. The van der Waals surface area contributed by atoms with Gasteiger partial charge in [-0.3, -0.25) is 14.6 Å². The average molecular weight is 589 g/mol. The number of halogens is 3. The SMILES string of the molecule is C[C@H](C(=O)N[C@H](CO)c1ncc(Cl)cc1F)N1Cc2ccc(-c3nc(NC4CCOCC4)ncc3Cl)cc2C1=O. The van der Waals surface area contributed by atoms with Crippen LogP contribution < -0.4 is 10.6 Å². The highest BCUT2D eigenvalue weighted by Crippen LogP contribution is 2.32. The standard InChI is InChI=1S/C27H27Cl2FN6O4/c1-14(25(38)34-22(13-37)24-21(30)9-17(28)10-31-24)36-12-16-3-2-15(8-19(16)26(36)39)23-20(29)11-32-27(35-23)33-18-4-6-40-7-5-18/h2-3,8-11,14,18,22,37H,4-7,12-13H2,1H3,(H,34,38)(H,32,33,35)/t14-,22-/m1/s1. The summed E-state index contributed by atoms with van der Waals surface area (Å²) < 4.78 is 19.7. The van der Waals surface area contributed by atoms with Crippen molar-refractivity contribution in [2.24, 2.45) is 0 Å². The number of ether oxygens (including phenoxy) is 1. The number of aromatic nitrogens is 3. The number of amides is 2. The van der Waals surface area contributed by atoms with E-state index in [2.05, 4.69) is 25.6 Å². The highest BCUT2D eigenvalue weighted by molar-refractivity contribution is 6.33. The molecule has 1 fully saturated rings. The molecule has 10 nitrogen and oxygen atoms in total. The van der Waals surface area contributed by atoms with Crippen LogP contribution in [0.5, 0.6) is 0 Å². The van der Waals surface area contributed by atoms with Gasteiger partial charge in [0.2, 0.25) is 11.9 Å². The van der Waals surface area contributed by atoms with E-state index < -0.39 is 30.4 Å². The van der Waals surface area contributed by atoms with Crippen molar-refractivity contribution in [3.63, 3.8) is 0 Å². The Labute approximate surface area is 239 Å². The van der Waals surface area contributed by atoms with Crippen LogP contribution in [0.2, 0.25) is 10.0 Å². The van der Waals surface area contributed by atoms with Crippen molar-refractivity contribution >= 4 is 41.0 Å². The first-order valence-electron chi connectivity index (χ1n) is 12.8. The number of aliphatic hydroxyl groups excluding tert-OH is 1. The maximum atomic E-state index is 14.3. The number of fused-ring (bicyclic) bond motifs is 1. The number of hydrogen-bond acceptors (Lipinski definition) is 8. The highest BCUT2D eigenvalue weighted by atomic mass is 35.5. The molecule has 5 rings (SSSR count). The van der Waals surface area contributed by atoms with E-state index in [1.165, 1.54) is 17.3 Å². The number of pyridine rings is 1. The first-order chi connectivity index (χ1) is 19.2. The molecule has 2 aromatic heterocycles. The number of aliphatic hydroxyl groups is 1. The minimum atomic E-state index is -1.11. The van der Waals surface area contributed by atoms with Crippen LogP contribution in [-0.2, 0) is 16.1 Å². The van der Waals surface area contributed by atoms with Gasteiger partial charge in [0.05, 0.1) is 34.6 Å². The predicted octanol–water partition coefficient (Wildman–Crippen LogP) is 3.77. The normalized spacial score (nSPS) is 16.9. The Kier molecular flexibility index (Phi) is 8.46. The quantitative estimate of drug-likeness (QED) is 0.362. The number of nitrogens with zero attached hydrogens (tertiary/aromatic N) is 4. The molecule has 0 spiro atoms. The zero-order valence-corrected chi connectivity index (χ0v) is 23.0. The van der Waals surface area contributed by atoms with Crippen molar-refractivity contribution in [1.82, 2.24) is 25.2 Å². The second kappa shape index (κ2) is 12.0. The molecule has 2 aliphatic rings. The summed E-state index contributed by atoms with van der Waals surface area (Å²) in [6, 6.07) is 4.56. The van der Waals surface area contributed by atoms with Gasteiger partial charge in [0.1, 0.15) is 17.6 Å². The lowest BCUT2D eigenvalue weighted by Gasteiger charge is -2.25. The minimum absolute atomic E-state index is 0.0903. The van der Waals surface area contributed by atoms with Crippen molar-refractivity contribution in [2.45, 2.75) is 44.4 Å². The smallest absolute Gasteiger partial charge is 0.255 e. The Morgan fingerprint density at radius 1 is 1.23 bits per heavy atom. The van der Waals surface area contributed by atoms with Crippen LogP contribution in [0.4, 0.5) is 10.3 Å². The second-order valence-electron chi connectivity index (χ2n) is 9.67. The molecule has 3 N–H and O–H groups in total. The predicted molar refractivity (Wildman–Crippen MR) is 146 cm³/mol. The van der Waals surface area contributed by atoms with Gasteiger partial charge < -0.3 is 25.4 Å². The van der Waals surface area contributed by atoms with Gasteiger partial charge in [-0.1, -0.05) is 35.3 Å². The molecular weight excluding hydrogens is 562 g/mol. The molecule has 0 radical (unpaired) electrons. The van der Waals surface area contributed by atoms with Crippen LogP contribution in [0, 0.1) is 5.82 Å². The van der Waals surface area contributed by atoms with Crippen LogP contribution in [0.25, 0.3) is 11.3 Å². The monoisotopic (exact) mass is 588 g/mol. The number of rotatable bonds is 8. The van der Waals surface area contributed by atoms with Crippen LogP contribution in [0.15, 0.2) is 36.7 Å². The van der Waals surface area contributed by atoms with Gasteiger partial charge in [0.15, 0.2) is 0 Å². The number of benzene rings is 1. The fraction of sp³-hybridized carbons (Fsp3) is 0.370. The zero-order chi connectivity index (χ0) is 28.4. The third-order valence-electron chi connectivity index (χ3n) is 7.03. The van der Waals surface area contributed by atoms with E-state index in [1.54, 1.807) is 19.1 Å². The van der Waals surface area contributed by atoms with Crippen LogP contribution in [0.3, 0.4) is 0 Å². The third-order valence-corrected chi connectivity index (χ3v) is 7.51. The summed E-state index contributed by atoms with van der Waals surface area (Å²) in [5.74, 6) is -1.23. The van der Waals surface area contributed by atoms with Gasteiger partial charge in [-0.25, -0.2) is 14.4 Å². The van der Waals surface area contributed by atoms with Gasteiger partial charge >= 0.3 is 0 Å². The van der Waals surface area contributed by atoms with Crippen molar-refractivity contribution in [1.29, 1.82) is 0 Å². The molecule has 0 aliphatic carbocycles. The number of carbonyl (C=O) groups is 2. The van der Waals surface area contributed by atoms with Gasteiger partial charge in [0, 0.05) is 43.1 Å². The first kappa shape index (κ1) is 28.2. The van der Waals surface area contributed by atoms with E-state index >= 15 is 0 Å². The van der Waals surface area contributed by atoms with Gasteiger partial charge in [0.25, 0.3) is 5.91 Å². The van der Waals surface area contributed by atoms with E-state index in [-0.39, 0.29) is 29.2 Å². The van der Waals surface area contributed by atoms with Crippen molar-refractivity contribution < 1.29 is 23.8 Å². The summed E-state index contributed by atoms with van der Waals surface area (Å²) in [7, 11) is 0.